The Kier molecular flexibility index (Phi) is 6.51. The number of methoxy groups -OCH3 is 1. The number of carbonyl (C=O) groups excluding carboxylic acids is 3. The minimum Gasteiger partial charge on any atom is -0.465 e. The van der Waals surface area contributed by atoms with Crippen LogP contribution in [0.1, 0.15) is 51.3 Å². The van der Waals surface area contributed by atoms with Crippen LogP contribution in [-0.2, 0) is 21.5 Å². The van der Waals surface area contributed by atoms with Crippen LogP contribution in [-0.4, -0.2) is 24.9 Å². The Morgan fingerprint density at radius 3 is 2.45 bits per heavy atom. The second kappa shape index (κ2) is 9.50. The molecule has 0 aliphatic heterocycles. The van der Waals surface area contributed by atoms with E-state index in [9.17, 15) is 14.4 Å². The van der Waals surface area contributed by atoms with E-state index in [2.05, 4.69) is 10.6 Å². The van der Waals surface area contributed by atoms with Gasteiger partial charge in [0.05, 0.1) is 24.4 Å². The second-order valence-corrected chi connectivity index (χ2v) is 8.40. The van der Waals surface area contributed by atoms with Gasteiger partial charge in [0.15, 0.2) is 5.76 Å². The molecule has 33 heavy (non-hydrogen) atoms. The predicted molar refractivity (Wildman–Crippen MR) is 123 cm³/mol. The average Bonchev–Trinajstić information content (AvgIpc) is 3.33. The predicted octanol–water partition coefficient (Wildman–Crippen LogP) is 4.71. The summed E-state index contributed by atoms with van der Waals surface area (Å²) in [6.45, 7) is 0.183. The molecule has 1 saturated carbocycles. The number of benzene rings is 2. The molecule has 1 aliphatic carbocycles. The van der Waals surface area contributed by atoms with Crippen molar-refractivity contribution < 1.29 is 23.5 Å². The fourth-order valence-electron chi connectivity index (χ4n) is 4.00. The summed E-state index contributed by atoms with van der Waals surface area (Å²) >= 11 is 6.01. The molecule has 0 unspecified atom stereocenters. The molecule has 2 aromatic carbocycles. The van der Waals surface area contributed by atoms with Gasteiger partial charge in [-0.25, -0.2) is 4.79 Å². The summed E-state index contributed by atoms with van der Waals surface area (Å²) in [5, 5.41) is 6.32. The second-order valence-electron chi connectivity index (χ2n) is 7.97. The standard InChI is InChI=1S/C25H23ClN2O5/c1-32-23(30)17-12-16(13-20(14-17)28-22(29)21-4-2-11-33-21)15-27-24(31)25(9-3-10-25)18-5-7-19(26)8-6-18/h2,4-8,11-14H,3,9-10,15H2,1H3,(H,27,31)(H,28,29). The molecular formula is C25H23ClN2O5. The Bertz CT molecular complexity index is 1170. The molecule has 3 aromatic rings. The molecule has 170 valence electrons. The van der Waals surface area contributed by atoms with E-state index in [0.717, 1.165) is 24.8 Å². The van der Waals surface area contributed by atoms with Crippen LogP contribution < -0.4 is 10.6 Å². The summed E-state index contributed by atoms with van der Waals surface area (Å²) < 4.78 is 9.94. The van der Waals surface area contributed by atoms with Gasteiger partial charge in [0.1, 0.15) is 0 Å². The van der Waals surface area contributed by atoms with Crippen molar-refractivity contribution in [3.05, 3.63) is 88.3 Å². The van der Waals surface area contributed by atoms with Crippen LogP contribution in [0.4, 0.5) is 5.69 Å². The molecule has 1 fully saturated rings. The highest BCUT2D eigenvalue weighted by Crippen LogP contribution is 2.44. The largest absolute Gasteiger partial charge is 0.465 e. The number of hydrogen-bond donors (Lipinski definition) is 2. The van der Waals surface area contributed by atoms with Gasteiger partial charge < -0.3 is 19.8 Å². The summed E-state index contributed by atoms with van der Waals surface area (Å²) in [6.07, 6.45) is 3.88. The molecule has 7 nitrogen and oxygen atoms in total. The Morgan fingerprint density at radius 2 is 1.85 bits per heavy atom. The number of amides is 2. The monoisotopic (exact) mass is 466 g/mol. The summed E-state index contributed by atoms with van der Waals surface area (Å²) in [5.41, 5.74) is 1.65. The van der Waals surface area contributed by atoms with Gasteiger partial charge in [-0.2, -0.15) is 0 Å². The van der Waals surface area contributed by atoms with Crippen molar-refractivity contribution in [2.24, 2.45) is 0 Å². The van der Waals surface area contributed by atoms with Gasteiger partial charge in [0.2, 0.25) is 5.91 Å². The number of nitrogens with one attached hydrogen (secondary N) is 2. The summed E-state index contributed by atoms with van der Waals surface area (Å²) in [7, 11) is 1.28. The molecule has 4 rings (SSSR count). The number of esters is 1. The van der Waals surface area contributed by atoms with Crippen molar-refractivity contribution in [2.45, 2.75) is 31.2 Å². The highest BCUT2D eigenvalue weighted by molar-refractivity contribution is 6.30. The van der Waals surface area contributed by atoms with Gasteiger partial charge in [-0.1, -0.05) is 30.2 Å². The number of rotatable bonds is 7. The zero-order valence-electron chi connectivity index (χ0n) is 18.0. The molecular weight excluding hydrogens is 444 g/mol. The molecule has 0 bridgehead atoms. The Morgan fingerprint density at radius 1 is 1.09 bits per heavy atom. The van der Waals surface area contributed by atoms with Crippen molar-refractivity contribution in [1.82, 2.24) is 5.32 Å². The van der Waals surface area contributed by atoms with Crippen LogP contribution in [0.15, 0.2) is 65.3 Å². The third-order valence-corrected chi connectivity index (χ3v) is 6.16. The normalized spacial score (nSPS) is 14.1. The molecule has 2 amide bonds. The maximum atomic E-state index is 13.2. The quantitative estimate of drug-likeness (QED) is 0.491. The van der Waals surface area contributed by atoms with E-state index in [-0.39, 0.29) is 23.8 Å². The van der Waals surface area contributed by atoms with E-state index >= 15 is 0 Å². The van der Waals surface area contributed by atoms with E-state index in [1.807, 2.05) is 12.1 Å². The molecule has 1 aromatic heterocycles. The molecule has 1 aliphatic rings. The van der Waals surface area contributed by atoms with Gasteiger partial charge in [-0.15, -0.1) is 0 Å². The van der Waals surface area contributed by atoms with E-state index in [0.29, 0.717) is 16.3 Å². The minimum absolute atomic E-state index is 0.0827. The van der Waals surface area contributed by atoms with Crippen LogP contribution in [0.5, 0.6) is 0 Å². The molecule has 0 spiro atoms. The van der Waals surface area contributed by atoms with Gasteiger partial charge in [-0.05, 0) is 66.4 Å². The average molecular weight is 467 g/mol. The van der Waals surface area contributed by atoms with Crippen LogP contribution in [0.3, 0.4) is 0 Å². The first-order valence-corrected chi connectivity index (χ1v) is 10.9. The van der Waals surface area contributed by atoms with Crippen LogP contribution in [0.2, 0.25) is 5.02 Å². The van der Waals surface area contributed by atoms with E-state index < -0.39 is 17.3 Å². The Hall–Kier alpha value is -3.58. The first-order chi connectivity index (χ1) is 15.9. The van der Waals surface area contributed by atoms with Gasteiger partial charge in [-0.3, -0.25) is 9.59 Å². The topological polar surface area (TPSA) is 97.6 Å². The maximum Gasteiger partial charge on any atom is 0.337 e. The lowest BCUT2D eigenvalue weighted by atomic mass is 9.64. The van der Waals surface area contributed by atoms with Crippen LogP contribution >= 0.6 is 11.6 Å². The summed E-state index contributed by atoms with van der Waals surface area (Å²) in [4.78, 5) is 37.7. The summed E-state index contributed by atoms with van der Waals surface area (Å²) in [6, 6.07) is 15.3. The Labute approximate surface area is 196 Å². The maximum absolute atomic E-state index is 13.2. The van der Waals surface area contributed by atoms with E-state index in [4.69, 9.17) is 20.8 Å². The van der Waals surface area contributed by atoms with Crippen molar-refractivity contribution >= 4 is 35.1 Å². The number of carbonyl (C=O) groups is 3. The molecule has 0 atom stereocenters. The van der Waals surface area contributed by atoms with E-state index in [1.54, 1.807) is 30.3 Å². The zero-order chi connectivity index (χ0) is 23.4. The molecule has 2 N–H and O–H groups in total. The third-order valence-electron chi connectivity index (χ3n) is 5.91. The van der Waals surface area contributed by atoms with Crippen molar-refractivity contribution in [3.8, 4) is 0 Å². The van der Waals surface area contributed by atoms with Gasteiger partial charge in [0, 0.05) is 17.3 Å². The smallest absolute Gasteiger partial charge is 0.337 e. The first-order valence-electron chi connectivity index (χ1n) is 10.5. The molecule has 0 radical (unpaired) electrons. The van der Waals surface area contributed by atoms with Crippen molar-refractivity contribution in [1.29, 1.82) is 0 Å². The lowest BCUT2D eigenvalue weighted by molar-refractivity contribution is -0.130. The SMILES string of the molecule is COC(=O)c1cc(CNC(=O)C2(c3ccc(Cl)cc3)CCC2)cc(NC(=O)c2ccco2)c1. The number of halogens is 1. The number of anilines is 1. The van der Waals surface area contributed by atoms with Gasteiger partial charge in [0.25, 0.3) is 5.91 Å². The highest BCUT2D eigenvalue weighted by atomic mass is 35.5. The Balaban J connectivity index is 1.52. The van der Waals surface area contributed by atoms with Crippen molar-refractivity contribution in [3.63, 3.8) is 0 Å². The number of hydrogen-bond acceptors (Lipinski definition) is 5. The number of ether oxygens (including phenoxy) is 1. The first kappa shape index (κ1) is 22.6. The van der Waals surface area contributed by atoms with Gasteiger partial charge >= 0.3 is 5.97 Å². The lowest BCUT2D eigenvalue weighted by Crippen LogP contribution is -2.49. The zero-order valence-corrected chi connectivity index (χ0v) is 18.8. The molecule has 0 saturated heterocycles. The van der Waals surface area contributed by atoms with E-state index in [1.165, 1.54) is 25.5 Å². The fraction of sp³-hybridized carbons (Fsp3) is 0.240. The third kappa shape index (κ3) is 4.78. The highest BCUT2D eigenvalue weighted by Gasteiger charge is 2.45. The van der Waals surface area contributed by atoms with Crippen LogP contribution in [0.25, 0.3) is 0 Å². The van der Waals surface area contributed by atoms with Crippen molar-refractivity contribution in [2.75, 3.05) is 12.4 Å². The van der Waals surface area contributed by atoms with Crippen LogP contribution in [0, 0.1) is 0 Å². The summed E-state index contributed by atoms with van der Waals surface area (Å²) in [5.74, 6) is -0.939. The lowest BCUT2D eigenvalue weighted by Gasteiger charge is -2.40. The fourth-order valence-corrected chi connectivity index (χ4v) is 4.13. The minimum atomic E-state index is -0.582. The molecule has 1 heterocycles. The molecule has 8 heteroatoms. The number of furan rings is 1.